The summed E-state index contributed by atoms with van der Waals surface area (Å²) in [5, 5.41) is 2.86. The summed E-state index contributed by atoms with van der Waals surface area (Å²) in [6.45, 7) is 1.95. The van der Waals surface area contributed by atoms with E-state index in [1.807, 2.05) is 6.92 Å². The van der Waals surface area contributed by atoms with Crippen LogP contribution in [0.4, 0.5) is 0 Å². The van der Waals surface area contributed by atoms with E-state index in [1.165, 1.54) is 0 Å². The average molecular weight is 153 g/mol. The number of carbonyl (C=O) groups excluding carboxylic acids is 2. The van der Waals surface area contributed by atoms with Crippen LogP contribution in [0, 0.1) is 5.92 Å². The SMILES string of the molecule is CC12CC(=O)CC(C1)C(=O)N2. The molecule has 1 saturated heterocycles. The van der Waals surface area contributed by atoms with E-state index in [0.717, 1.165) is 6.42 Å². The van der Waals surface area contributed by atoms with Gasteiger partial charge in [0, 0.05) is 24.3 Å². The summed E-state index contributed by atoms with van der Waals surface area (Å²) in [7, 11) is 0. The molecule has 3 nitrogen and oxygen atoms in total. The Morgan fingerprint density at radius 1 is 1.55 bits per heavy atom. The minimum Gasteiger partial charge on any atom is -0.350 e. The quantitative estimate of drug-likeness (QED) is 0.542. The maximum Gasteiger partial charge on any atom is 0.224 e. The van der Waals surface area contributed by atoms with Crippen LogP contribution in [-0.2, 0) is 9.59 Å². The van der Waals surface area contributed by atoms with Gasteiger partial charge in [-0.1, -0.05) is 0 Å². The molecule has 2 bridgehead atoms. The van der Waals surface area contributed by atoms with Crippen LogP contribution in [0.25, 0.3) is 0 Å². The Kier molecular flexibility index (Phi) is 1.14. The standard InChI is InChI=1S/C8H11NO2/c1-8-3-5(7(11)9-8)2-6(10)4-8/h5H,2-4H2,1H3,(H,9,11). The van der Waals surface area contributed by atoms with E-state index in [4.69, 9.17) is 0 Å². The van der Waals surface area contributed by atoms with Crippen LogP contribution in [0.3, 0.4) is 0 Å². The average Bonchev–Trinajstić information content (AvgIpc) is 2.01. The number of nitrogens with one attached hydrogen (secondary N) is 1. The summed E-state index contributed by atoms with van der Waals surface area (Å²) in [6, 6.07) is 0. The van der Waals surface area contributed by atoms with Crippen molar-refractivity contribution in [3.63, 3.8) is 0 Å². The van der Waals surface area contributed by atoms with Crippen LogP contribution in [-0.4, -0.2) is 17.2 Å². The molecule has 1 amide bonds. The molecule has 1 N–H and O–H groups in total. The maximum absolute atomic E-state index is 11.1. The fourth-order valence-electron chi connectivity index (χ4n) is 2.15. The molecule has 2 unspecified atom stereocenters. The lowest BCUT2D eigenvalue weighted by Gasteiger charge is -2.25. The van der Waals surface area contributed by atoms with Crippen molar-refractivity contribution >= 4 is 11.7 Å². The van der Waals surface area contributed by atoms with Crippen molar-refractivity contribution in [3.05, 3.63) is 0 Å². The molecule has 1 heterocycles. The van der Waals surface area contributed by atoms with E-state index in [-0.39, 0.29) is 23.1 Å². The Morgan fingerprint density at radius 2 is 2.27 bits per heavy atom. The summed E-state index contributed by atoms with van der Waals surface area (Å²) in [4.78, 5) is 22.2. The molecule has 1 saturated carbocycles. The molecule has 2 atom stereocenters. The van der Waals surface area contributed by atoms with Gasteiger partial charge >= 0.3 is 0 Å². The molecule has 2 aliphatic rings. The molecule has 2 rings (SSSR count). The first-order valence-electron chi connectivity index (χ1n) is 3.93. The number of ketones is 1. The monoisotopic (exact) mass is 153 g/mol. The third kappa shape index (κ3) is 0.951. The van der Waals surface area contributed by atoms with E-state index in [2.05, 4.69) is 5.32 Å². The Labute approximate surface area is 65.2 Å². The first-order valence-corrected chi connectivity index (χ1v) is 3.93. The summed E-state index contributed by atoms with van der Waals surface area (Å²) in [5.41, 5.74) is -0.211. The second-order valence-electron chi connectivity index (χ2n) is 3.87. The molecule has 3 heteroatoms. The van der Waals surface area contributed by atoms with Crippen molar-refractivity contribution in [3.8, 4) is 0 Å². The van der Waals surface area contributed by atoms with Gasteiger partial charge in [-0.25, -0.2) is 0 Å². The Hall–Kier alpha value is -0.860. The van der Waals surface area contributed by atoms with Gasteiger partial charge < -0.3 is 5.32 Å². The van der Waals surface area contributed by atoms with Gasteiger partial charge in [0.2, 0.25) is 5.91 Å². The predicted molar refractivity (Wildman–Crippen MR) is 38.9 cm³/mol. The number of Topliss-reactive ketones (excluding diaryl/α,β-unsaturated/α-hetero) is 1. The molecule has 11 heavy (non-hydrogen) atoms. The smallest absolute Gasteiger partial charge is 0.224 e. The number of carbonyl (C=O) groups is 2. The molecule has 0 aromatic heterocycles. The summed E-state index contributed by atoms with van der Waals surface area (Å²) < 4.78 is 0. The van der Waals surface area contributed by atoms with Gasteiger partial charge in [-0.3, -0.25) is 9.59 Å². The second-order valence-corrected chi connectivity index (χ2v) is 3.87. The second kappa shape index (κ2) is 1.84. The fourth-order valence-corrected chi connectivity index (χ4v) is 2.15. The van der Waals surface area contributed by atoms with E-state index < -0.39 is 0 Å². The van der Waals surface area contributed by atoms with Gasteiger partial charge in [0.05, 0.1) is 0 Å². The van der Waals surface area contributed by atoms with E-state index in [1.54, 1.807) is 0 Å². The van der Waals surface area contributed by atoms with Crippen LogP contribution in [0.5, 0.6) is 0 Å². The molecule has 1 aliphatic heterocycles. The maximum atomic E-state index is 11.1. The summed E-state index contributed by atoms with van der Waals surface area (Å²) in [5.74, 6) is 0.265. The van der Waals surface area contributed by atoms with Crippen molar-refractivity contribution in [2.45, 2.75) is 31.7 Å². The highest BCUT2D eigenvalue weighted by molar-refractivity contribution is 5.93. The Balaban J connectivity index is 2.29. The van der Waals surface area contributed by atoms with Crippen LogP contribution >= 0.6 is 0 Å². The molecule has 0 spiro atoms. The Morgan fingerprint density at radius 3 is 2.91 bits per heavy atom. The van der Waals surface area contributed by atoms with Crippen LogP contribution in [0.1, 0.15) is 26.2 Å². The number of fused-ring (bicyclic) bond motifs is 2. The van der Waals surface area contributed by atoms with Gasteiger partial charge in [0.25, 0.3) is 0 Å². The van der Waals surface area contributed by atoms with E-state index in [0.29, 0.717) is 12.8 Å². The van der Waals surface area contributed by atoms with Crippen molar-refractivity contribution in [2.24, 2.45) is 5.92 Å². The predicted octanol–water partition coefficient (Wildman–Crippen LogP) is 0.244. The van der Waals surface area contributed by atoms with Crippen molar-refractivity contribution in [1.82, 2.24) is 5.32 Å². The number of hydrogen-bond acceptors (Lipinski definition) is 2. The van der Waals surface area contributed by atoms with Crippen molar-refractivity contribution in [1.29, 1.82) is 0 Å². The Bertz CT molecular complexity index is 232. The minimum atomic E-state index is -0.211. The van der Waals surface area contributed by atoms with Gasteiger partial charge in [-0.15, -0.1) is 0 Å². The fraction of sp³-hybridized carbons (Fsp3) is 0.750. The zero-order chi connectivity index (χ0) is 8.06. The van der Waals surface area contributed by atoms with Gasteiger partial charge in [-0.2, -0.15) is 0 Å². The summed E-state index contributed by atoms with van der Waals surface area (Å²) >= 11 is 0. The molecule has 0 radical (unpaired) electrons. The molecule has 0 aromatic rings. The molecular formula is C8H11NO2. The normalized spacial score (nSPS) is 42.5. The summed E-state index contributed by atoms with van der Waals surface area (Å²) in [6.07, 6.45) is 1.83. The topological polar surface area (TPSA) is 46.2 Å². The van der Waals surface area contributed by atoms with Crippen LogP contribution in [0.15, 0.2) is 0 Å². The molecule has 1 aliphatic carbocycles. The lowest BCUT2D eigenvalue weighted by molar-refractivity contribution is -0.126. The zero-order valence-corrected chi connectivity index (χ0v) is 6.52. The van der Waals surface area contributed by atoms with E-state index >= 15 is 0 Å². The number of amides is 1. The van der Waals surface area contributed by atoms with Gasteiger partial charge in [0.1, 0.15) is 5.78 Å². The highest BCUT2D eigenvalue weighted by Crippen LogP contribution is 2.35. The number of hydrogen-bond donors (Lipinski definition) is 1. The van der Waals surface area contributed by atoms with Crippen molar-refractivity contribution in [2.75, 3.05) is 0 Å². The van der Waals surface area contributed by atoms with Crippen molar-refractivity contribution < 1.29 is 9.59 Å². The van der Waals surface area contributed by atoms with Crippen LogP contribution < -0.4 is 5.32 Å². The third-order valence-corrected chi connectivity index (χ3v) is 2.55. The molecular weight excluding hydrogens is 142 g/mol. The number of rotatable bonds is 0. The largest absolute Gasteiger partial charge is 0.350 e. The first kappa shape index (κ1) is 6.83. The highest BCUT2D eigenvalue weighted by atomic mass is 16.2. The van der Waals surface area contributed by atoms with Crippen LogP contribution in [0.2, 0.25) is 0 Å². The highest BCUT2D eigenvalue weighted by Gasteiger charge is 2.46. The zero-order valence-electron chi connectivity index (χ0n) is 6.52. The van der Waals surface area contributed by atoms with E-state index in [9.17, 15) is 9.59 Å². The third-order valence-electron chi connectivity index (χ3n) is 2.55. The lowest BCUT2D eigenvalue weighted by atomic mass is 9.81. The van der Waals surface area contributed by atoms with Gasteiger partial charge in [-0.05, 0) is 13.3 Å². The molecule has 60 valence electrons. The van der Waals surface area contributed by atoms with Gasteiger partial charge in [0.15, 0.2) is 0 Å². The minimum absolute atomic E-state index is 0.0266. The molecule has 0 aromatic carbocycles. The molecule has 2 fully saturated rings. The first-order chi connectivity index (χ1) is 5.09. The lowest BCUT2D eigenvalue weighted by Crippen LogP contribution is -2.40.